The summed E-state index contributed by atoms with van der Waals surface area (Å²) in [4.78, 5) is 0. The number of nitrogens with zero attached hydrogens (tertiary/aromatic N) is 2. The monoisotopic (exact) mass is 239 g/mol. The van der Waals surface area contributed by atoms with Crippen LogP contribution in [0.4, 0.5) is 5.69 Å². The molecule has 4 nitrogen and oxygen atoms in total. The number of nitrogens with two attached hydrogens (primary N) is 1. The lowest BCUT2D eigenvalue weighted by atomic mass is 10.2. The van der Waals surface area contributed by atoms with Crippen molar-refractivity contribution in [3.63, 3.8) is 0 Å². The number of hydrogen-bond donors (Lipinski definition) is 2. The smallest absolute Gasteiger partial charge is 0.243 e. The average Bonchev–Trinajstić information content (AvgIpc) is 2.58. The van der Waals surface area contributed by atoms with E-state index in [1.54, 1.807) is 18.2 Å². The number of halogens is 1. The third-order valence-corrected chi connectivity index (χ3v) is 2.28. The molecule has 3 N–H and O–H groups in total. The Kier molecular flexibility index (Phi) is 3.79. The fourth-order valence-electron chi connectivity index (χ4n) is 1.52. The van der Waals surface area contributed by atoms with Crippen molar-refractivity contribution in [2.75, 3.05) is 5.73 Å². The highest BCUT2D eigenvalue weighted by Crippen LogP contribution is 2.18. The Morgan fingerprint density at radius 2 is 2.19 bits per heavy atom. The summed E-state index contributed by atoms with van der Waals surface area (Å²) in [6.45, 7) is 0.623. The first kappa shape index (κ1) is 12.4. The average molecular weight is 240 g/mol. The van der Waals surface area contributed by atoms with Crippen LogP contribution in [0.2, 0.25) is 0 Å². The van der Waals surface area contributed by atoms with Crippen molar-refractivity contribution in [1.29, 1.82) is 0 Å². The van der Waals surface area contributed by atoms with Crippen molar-refractivity contribution in [3.8, 4) is 5.75 Å². The number of hydrogen-bond acceptors (Lipinski definition) is 2. The fourth-order valence-corrected chi connectivity index (χ4v) is 1.52. The maximum atomic E-state index is 9.63. The second-order valence-electron chi connectivity index (χ2n) is 3.64. The summed E-state index contributed by atoms with van der Waals surface area (Å²) < 4.78 is 3.93. The first-order valence-electron chi connectivity index (χ1n) is 4.73. The van der Waals surface area contributed by atoms with Crippen LogP contribution in [0.15, 0.2) is 36.9 Å². The maximum absolute atomic E-state index is 9.63. The van der Waals surface area contributed by atoms with E-state index in [-0.39, 0.29) is 18.2 Å². The third-order valence-electron chi connectivity index (χ3n) is 2.28. The van der Waals surface area contributed by atoms with Gasteiger partial charge in [0.15, 0.2) is 0 Å². The molecule has 0 unspecified atom stereocenters. The van der Waals surface area contributed by atoms with Gasteiger partial charge in [-0.05, 0) is 18.2 Å². The van der Waals surface area contributed by atoms with Gasteiger partial charge in [0.05, 0.1) is 7.05 Å². The molecule has 16 heavy (non-hydrogen) atoms. The number of aryl methyl sites for hydroxylation is 1. The van der Waals surface area contributed by atoms with Crippen LogP contribution in [0.25, 0.3) is 0 Å². The first-order chi connectivity index (χ1) is 7.15. The Bertz CT molecular complexity index is 482. The molecule has 86 valence electrons. The van der Waals surface area contributed by atoms with Crippen molar-refractivity contribution < 1.29 is 22.1 Å². The normalized spacial score (nSPS) is 9.81. The molecule has 0 spiro atoms. The largest absolute Gasteiger partial charge is 1.00 e. The molecule has 2 aromatic rings. The molecule has 5 heteroatoms. The minimum absolute atomic E-state index is 0. The van der Waals surface area contributed by atoms with E-state index in [2.05, 4.69) is 0 Å². The maximum Gasteiger partial charge on any atom is 0.243 e. The Morgan fingerprint density at radius 3 is 2.81 bits per heavy atom. The van der Waals surface area contributed by atoms with E-state index in [4.69, 9.17) is 5.73 Å². The number of phenols is 1. The summed E-state index contributed by atoms with van der Waals surface area (Å²) in [5.41, 5.74) is 7.15. The second kappa shape index (κ2) is 4.90. The van der Waals surface area contributed by atoms with Gasteiger partial charge in [0.2, 0.25) is 6.33 Å². The number of anilines is 1. The van der Waals surface area contributed by atoms with Crippen molar-refractivity contribution in [3.05, 3.63) is 42.5 Å². The summed E-state index contributed by atoms with van der Waals surface area (Å²) >= 11 is 0. The van der Waals surface area contributed by atoms with Gasteiger partial charge in [-0.1, -0.05) is 0 Å². The number of nitrogen functional groups attached to an aromatic ring is 1. The number of aromatic hydroxyl groups is 1. The molecule has 0 aliphatic heterocycles. The molecule has 0 atom stereocenters. The van der Waals surface area contributed by atoms with Crippen LogP contribution in [0, 0.1) is 0 Å². The molecule has 0 radical (unpaired) electrons. The van der Waals surface area contributed by atoms with Crippen molar-refractivity contribution >= 4 is 5.69 Å². The number of aromatic nitrogens is 2. The van der Waals surface area contributed by atoms with E-state index < -0.39 is 0 Å². The Hall–Kier alpha value is -1.68. The van der Waals surface area contributed by atoms with Gasteiger partial charge in [-0.15, -0.1) is 0 Å². The topological polar surface area (TPSA) is 55.1 Å². The molecule has 0 saturated heterocycles. The molecule has 0 aliphatic carbocycles. The van der Waals surface area contributed by atoms with Gasteiger partial charge in [0.25, 0.3) is 0 Å². The van der Waals surface area contributed by atoms with E-state index in [1.165, 1.54) is 0 Å². The van der Waals surface area contributed by atoms with Crippen molar-refractivity contribution in [1.82, 2.24) is 4.57 Å². The lowest BCUT2D eigenvalue weighted by Gasteiger charge is -2.02. The third kappa shape index (κ3) is 2.67. The molecule has 0 amide bonds. The lowest BCUT2D eigenvalue weighted by Crippen LogP contribution is -3.00. The molecular formula is C11H14ClN3O. The van der Waals surface area contributed by atoms with Crippen LogP contribution in [0.3, 0.4) is 0 Å². The number of imidazole rings is 1. The highest BCUT2D eigenvalue weighted by atomic mass is 35.5. The van der Waals surface area contributed by atoms with Crippen LogP contribution < -0.4 is 22.7 Å². The van der Waals surface area contributed by atoms with Crippen LogP contribution in [-0.2, 0) is 13.6 Å². The van der Waals surface area contributed by atoms with E-state index in [0.29, 0.717) is 12.2 Å². The van der Waals surface area contributed by atoms with Gasteiger partial charge in [0, 0.05) is 11.3 Å². The van der Waals surface area contributed by atoms with Gasteiger partial charge in [-0.25, -0.2) is 9.13 Å². The predicted octanol–water partition coefficient (Wildman–Crippen LogP) is -2.35. The first-order valence-corrected chi connectivity index (χ1v) is 4.73. The van der Waals surface area contributed by atoms with Crippen LogP contribution in [0.5, 0.6) is 5.75 Å². The van der Waals surface area contributed by atoms with E-state index in [0.717, 1.165) is 5.56 Å². The van der Waals surface area contributed by atoms with E-state index in [1.807, 2.05) is 34.9 Å². The van der Waals surface area contributed by atoms with Crippen LogP contribution in [-0.4, -0.2) is 9.67 Å². The molecule has 1 aromatic heterocycles. The van der Waals surface area contributed by atoms with Gasteiger partial charge < -0.3 is 23.2 Å². The molecule has 0 aliphatic rings. The zero-order chi connectivity index (χ0) is 10.8. The highest BCUT2D eigenvalue weighted by Gasteiger charge is 2.06. The summed E-state index contributed by atoms with van der Waals surface area (Å²) in [6.07, 6.45) is 5.84. The van der Waals surface area contributed by atoms with Gasteiger partial charge in [0.1, 0.15) is 24.7 Å². The van der Waals surface area contributed by atoms with E-state index >= 15 is 0 Å². The molecule has 0 fully saturated rings. The second-order valence-corrected chi connectivity index (χ2v) is 3.64. The van der Waals surface area contributed by atoms with Crippen LogP contribution in [0.1, 0.15) is 5.56 Å². The van der Waals surface area contributed by atoms with Crippen molar-refractivity contribution in [2.24, 2.45) is 7.05 Å². The highest BCUT2D eigenvalue weighted by molar-refractivity contribution is 5.46. The standard InChI is InChI=1S/C11H13N3O.ClH/c1-13-4-5-14(8-13)7-9-6-10(12)2-3-11(9)15;/h2-6,8H,7,12H2,1H3;1H. The molecule has 2 rings (SSSR count). The minimum atomic E-state index is 0. The number of phenolic OH excluding ortho intramolecular Hbond substituents is 1. The number of benzene rings is 1. The Labute approximate surface area is 100 Å². The summed E-state index contributed by atoms with van der Waals surface area (Å²) in [6, 6.07) is 5.10. The van der Waals surface area contributed by atoms with Gasteiger partial charge in [-0.3, -0.25) is 0 Å². The predicted molar refractivity (Wildman–Crippen MR) is 57.2 cm³/mol. The summed E-state index contributed by atoms with van der Waals surface area (Å²) in [5.74, 6) is 0.278. The molecule has 0 bridgehead atoms. The zero-order valence-corrected chi connectivity index (χ0v) is 9.72. The van der Waals surface area contributed by atoms with Gasteiger partial charge >= 0.3 is 0 Å². The molecule has 1 aromatic carbocycles. The quantitative estimate of drug-likeness (QED) is 0.351. The van der Waals surface area contributed by atoms with Crippen molar-refractivity contribution in [2.45, 2.75) is 6.54 Å². The van der Waals surface area contributed by atoms with Gasteiger partial charge in [-0.2, -0.15) is 0 Å². The summed E-state index contributed by atoms with van der Waals surface area (Å²) in [7, 11) is 1.95. The fraction of sp³-hybridized carbons (Fsp3) is 0.182. The SMILES string of the molecule is Cn1cc[n+](Cc2cc(N)ccc2O)c1.[Cl-]. The lowest BCUT2D eigenvalue weighted by molar-refractivity contribution is -0.687. The Balaban J connectivity index is 0.00000128. The molecule has 1 heterocycles. The summed E-state index contributed by atoms with van der Waals surface area (Å²) in [5, 5.41) is 9.63. The molecule has 0 saturated carbocycles. The zero-order valence-electron chi connectivity index (χ0n) is 8.97. The minimum Gasteiger partial charge on any atom is -1.00 e. The molecular weight excluding hydrogens is 226 g/mol. The van der Waals surface area contributed by atoms with Crippen LogP contribution >= 0.6 is 0 Å². The Morgan fingerprint density at radius 1 is 1.44 bits per heavy atom. The number of rotatable bonds is 2. The van der Waals surface area contributed by atoms with E-state index in [9.17, 15) is 5.11 Å².